The van der Waals surface area contributed by atoms with Gasteiger partial charge in [-0.15, -0.1) is 0 Å². The van der Waals surface area contributed by atoms with Crippen LogP contribution in [0, 0.1) is 5.92 Å². The molecule has 0 N–H and O–H groups in total. The molecule has 0 aliphatic carbocycles. The second kappa shape index (κ2) is 13.3. The van der Waals surface area contributed by atoms with Gasteiger partial charge < -0.3 is 0 Å². The van der Waals surface area contributed by atoms with Crippen LogP contribution in [0.25, 0.3) is 0 Å². The Labute approximate surface area is 106 Å². The molecule has 0 rings (SSSR count). The number of rotatable bonds is 12. The highest BCUT2D eigenvalue weighted by atomic mass is 28.2. The highest BCUT2D eigenvalue weighted by molar-refractivity contribution is 6.35. The molecule has 0 unspecified atom stereocenters. The predicted molar refractivity (Wildman–Crippen MR) is 80.2 cm³/mol. The third-order valence-corrected chi connectivity index (χ3v) is 6.14. The molecule has 1 atom stereocenters. The molecule has 0 heterocycles. The van der Waals surface area contributed by atoms with Crippen LogP contribution >= 0.6 is 0 Å². The number of hydrogen-bond donors (Lipinski definition) is 0. The highest BCUT2D eigenvalue weighted by Crippen LogP contribution is 2.12. The third kappa shape index (κ3) is 12.3. The van der Waals surface area contributed by atoms with Gasteiger partial charge in [-0.3, -0.25) is 0 Å². The summed E-state index contributed by atoms with van der Waals surface area (Å²) in [6, 6.07) is 3.20. The van der Waals surface area contributed by atoms with E-state index in [4.69, 9.17) is 0 Å². The van der Waals surface area contributed by atoms with Crippen molar-refractivity contribution in [3.05, 3.63) is 0 Å². The zero-order chi connectivity index (χ0) is 12.1. The topological polar surface area (TPSA) is 0 Å². The van der Waals surface area contributed by atoms with E-state index in [9.17, 15) is 0 Å². The molecule has 0 nitrogen and oxygen atoms in total. The van der Waals surface area contributed by atoms with Crippen molar-refractivity contribution in [3.63, 3.8) is 0 Å². The Hall–Kier alpha value is 0.217. The Kier molecular flexibility index (Phi) is 13.5. The van der Waals surface area contributed by atoms with Gasteiger partial charge in [0.25, 0.3) is 0 Å². The summed E-state index contributed by atoms with van der Waals surface area (Å²) >= 11 is 0. The van der Waals surface area contributed by atoms with Crippen molar-refractivity contribution in [2.45, 2.75) is 90.6 Å². The Bertz CT molecular complexity index is 123. The molecule has 0 amide bonds. The first-order valence-corrected chi connectivity index (χ1v) is 9.81. The van der Waals surface area contributed by atoms with E-state index in [1.54, 1.807) is 12.1 Å². The first kappa shape index (κ1) is 16.2. The van der Waals surface area contributed by atoms with Crippen molar-refractivity contribution in [2.24, 2.45) is 5.92 Å². The van der Waals surface area contributed by atoms with E-state index in [-0.39, 0.29) is 0 Å². The quantitative estimate of drug-likeness (QED) is 0.327. The Morgan fingerprint density at radius 3 is 1.94 bits per heavy atom. The summed E-state index contributed by atoms with van der Waals surface area (Å²) in [7, 11) is 0.305. The van der Waals surface area contributed by atoms with Crippen molar-refractivity contribution >= 4 is 9.52 Å². The van der Waals surface area contributed by atoms with Crippen LogP contribution in [0.2, 0.25) is 12.1 Å². The van der Waals surface area contributed by atoms with Crippen molar-refractivity contribution in [2.75, 3.05) is 0 Å². The van der Waals surface area contributed by atoms with Gasteiger partial charge >= 0.3 is 0 Å². The van der Waals surface area contributed by atoms with Crippen LogP contribution in [-0.4, -0.2) is 9.52 Å². The lowest BCUT2D eigenvalue weighted by molar-refractivity contribution is 0.583. The highest BCUT2D eigenvalue weighted by Gasteiger charge is 1.98. The summed E-state index contributed by atoms with van der Waals surface area (Å²) in [5.74, 6) is 1.01. The Balaban J connectivity index is 2.93. The maximum absolute atomic E-state index is 2.42. The number of unbranched alkanes of at least 4 members (excludes halogenated alkanes) is 7. The molecule has 0 aliphatic rings. The van der Waals surface area contributed by atoms with Gasteiger partial charge in [-0.25, -0.2) is 0 Å². The summed E-state index contributed by atoms with van der Waals surface area (Å²) in [5.41, 5.74) is 0. The molecule has 1 heteroatoms. The molecule has 0 aromatic rings. The molecule has 0 aromatic heterocycles. The van der Waals surface area contributed by atoms with Crippen LogP contribution in [0.4, 0.5) is 0 Å². The largest absolute Gasteiger partial charge is 0.0654 e. The average molecular weight is 243 g/mol. The molecule has 0 saturated carbocycles. The maximum Gasteiger partial charge on any atom is 0.0200 e. The summed E-state index contributed by atoms with van der Waals surface area (Å²) in [5, 5.41) is 0. The molecule has 98 valence electrons. The molecule has 0 radical (unpaired) electrons. The molecule has 0 aromatic carbocycles. The molecule has 0 saturated heterocycles. The van der Waals surface area contributed by atoms with Gasteiger partial charge in [-0.2, -0.15) is 0 Å². The zero-order valence-corrected chi connectivity index (χ0v) is 13.5. The summed E-state index contributed by atoms with van der Waals surface area (Å²) < 4.78 is 0. The minimum Gasteiger partial charge on any atom is -0.0654 e. The number of hydrogen-bond acceptors (Lipinski definition) is 0. The van der Waals surface area contributed by atoms with Gasteiger partial charge in [0.05, 0.1) is 0 Å². The molecular formula is C15H34Si. The van der Waals surface area contributed by atoms with Gasteiger partial charge in [0.1, 0.15) is 0 Å². The van der Waals surface area contributed by atoms with Crippen LogP contribution in [0.5, 0.6) is 0 Å². The van der Waals surface area contributed by atoms with E-state index in [1.165, 1.54) is 57.8 Å². The molecule has 0 aliphatic heterocycles. The van der Waals surface area contributed by atoms with E-state index < -0.39 is 0 Å². The van der Waals surface area contributed by atoms with Gasteiger partial charge in [-0.05, 0) is 5.92 Å². The lowest BCUT2D eigenvalue weighted by Crippen LogP contribution is -1.98. The van der Waals surface area contributed by atoms with Gasteiger partial charge in [-0.1, -0.05) is 90.6 Å². The van der Waals surface area contributed by atoms with Crippen LogP contribution < -0.4 is 0 Å². The second-order valence-corrected chi connectivity index (χ2v) is 7.48. The predicted octanol–water partition coefficient (Wildman–Crippen LogP) is 5.18. The Morgan fingerprint density at radius 2 is 1.38 bits per heavy atom. The SMILES string of the molecule is CCCCCCCCCC[SiH2]C[C@@H](C)CC. The lowest BCUT2D eigenvalue weighted by atomic mass is 10.1. The smallest absolute Gasteiger partial charge is 0.0200 e. The van der Waals surface area contributed by atoms with E-state index in [1.807, 2.05) is 0 Å². The standard InChI is InChI=1S/C15H34Si/c1-4-6-7-8-9-10-11-12-13-16-14-15(3)5-2/h15H,4-14,16H2,1-3H3/t15-/m0/s1. The van der Waals surface area contributed by atoms with E-state index >= 15 is 0 Å². The second-order valence-electron chi connectivity index (χ2n) is 5.48. The van der Waals surface area contributed by atoms with Crippen LogP contribution in [-0.2, 0) is 0 Å². The van der Waals surface area contributed by atoms with Crippen molar-refractivity contribution < 1.29 is 0 Å². The fourth-order valence-electron chi connectivity index (χ4n) is 2.18. The molecule has 0 fully saturated rings. The first-order chi connectivity index (χ1) is 7.81. The van der Waals surface area contributed by atoms with Crippen molar-refractivity contribution in [1.82, 2.24) is 0 Å². The minimum atomic E-state index is 0.305. The average Bonchev–Trinajstić information content (AvgIpc) is 2.31. The summed E-state index contributed by atoms with van der Waals surface area (Å²) in [6.07, 6.45) is 13.2. The van der Waals surface area contributed by atoms with E-state index in [0.29, 0.717) is 9.52 Å². The summed E-state index contributed by atoms with van der Waals surface area (Å²) in [4.78, 5) is 0. The van der Waals surface area contributed by atoms with Crippen LogP contribution in [0.1, 0.15) is 78.6 Å². The normalized spacial score (nSPS) is 13.7. The fourth-order valence-corrected chi connectivity index (χ4v) is 4.29. The van der Waals surface area contributed by atoms with Crippen LogP contribution in [0.15, 0.2) is 0 Å². The van der Waals surface area contributed by atoms with Gasteiger partial charge in [0.15, 0.2) is 0 Å². The van der Waals surface area contributed by atoms with Crippen LogP contribution in [0.3, 0.4) is 0 Å². The van der Waals surface area contributed by atoms with Crippen molar-refractivity contribution in [3.8, 4) is 0 Å². The monoisotopic (exact) mass is 242 g/mol. The lowest BCUT2D eigenvalue weighted by Gasteiger charge is -2.06. The van der Waals surface area contributed by atoms with Crippen molar-refractivity contribution in [1.29, 1.82) is 0 Å². The van der Waals surface area contributed by atoms with Gasteiger partial charge in [0, 0.05) is 9.52 Å². The summed E-state index contributed by atoms with van der Waals surface area (Å²) in [6.45, 7) is 7.04. The van der Waals surface area contributed by atoms with Gasteiger partial charge in [0.2, 0.25) is 0 Å². The first-order valence-electron chi connectivity index (χ1n) is 7.81. The third-order valence-electron chi connectivity index (χ3n) is 3.75. The molecular weight excluding hydrogens is 208 g/mol. The minimum absolute atomic E-state index is 0.305. The fraction of sp³-hybridized carbons (Fsp3) is 1.00. The zero-order valence-electron chi connectivity index (χ0n) is 12.1. The van der Waals surface area contributed by atoms with E-state index in [0.717, 1.165) is 5.92 Å². The van der Waals surface area contributed by atoms with E-state index in [2.05, 4.69) is 20.8 Å². The Morgan fingerprint density at radius 1 is 0.812 bits per heavy atom. The maximum atomic E-state index is 2.42. The molecule has 0 spiro atoms. The molecule has 0 bridgehead atoms. The molecule has 16 heavy (non-hydrogen) atoms.